The van der Waals surface area contributed by atoms with Crippen LogP contribution in [0.2, 0.25) is 5.02 Å². The summed E-state index contributed by atoms with van der Waals surface area (Å²) in [5, 5.41) is 4.36. The van der Waals surface area contributed by atoms with Crippen LogP contribution in [0.25, 0.3) is 0 Å². The number of ether oxygens (including phenoxy) is 1. The normalized spacial score (nSPS) is 14.2. The molecule has 2 nitrogen and oxygen atoms in total. The Hall–Kier alpha value is -0.730. The van der Waals surface area contributed by atoms with Crippen LogP contribution in [-0.4, -0.2) is 19.7 Å². The van der Waals surface area contributed by atoms with Gasteiger partial charge in [0, 0.05) is 11.1 Å². The van der Waals surface area contributed by atoms with Gasteiger partial charge in [-0.05, 0) is 56.0 Å². The Morgan fingerprint density at radius 1 is 1.32 bits per heavy atom. The number of rotatable bonds is 8. The summed E-state index contributed by atoms with van der Waals surface area (Å²) in [5.41, 5.74) is 1.20. The van der Waals surface area contributed by atoms with Gasteiger partial charge in [0.25, 0.3) is 0 Å². The molecule has 1 rings (SSSR count). The van der Waals surface area contributed by atoms with Crippen molar-refractivity contribution in [2.45, 2.75) is 46.1 Å². The van der Waals surface area contributed by atoms with E-state index in [2.05, 4.69) is 26.1 Å². The second kappa shape index (κ2) is 8.44. The van der Waals surface area contributed by atoms with Gasteiger partial charge in [-0.15, -0.1) is 0 Å². The van der Waals surface area contributed by atoms with Gasteiger partial charge in [-0.1, -0.05) is 31.9 Å². The molecule has 3 heteroatoms. The third kappa shape index (κ3) is 5.04. The van der Waals surface area contributed by atoms with E-state index in [1.807, 2.05) is 18.2 Å². The van der Waals surface area contributed by atoms with Crippen molar-refractivity contribution in [3.05, 3.63) is 28.8 Å². The summed E-state index contributed by atoms with van der Waals surface area (Å²) in [7, 11) is 1.71. The van der Waals surface area contributed by atoms with Crippen LogP contribution >= 0.6 is 11.6 Å². The quantitative estimate of drug-likeness (QED) is 0.768. The third-order valence-electron chi connectivity index (χ3n) is 3.67. The molecule has 0 heterocycles. The lowest BCUT2D eigenvalue weighted by molar-refractivity contribution is 0.353. The average molecular weight is 284 g/mol. The fourth-order valence-corrected chi connectivity index (χ4v) is 2.60. The van der Waals surface area contributed by atoms with E-state index in [4.69, 9.17) is 16.3 Å². The van der Waals surface area contributed by atoms with Gasteiger partial charge in [-0.2, -0.15) is 0 Å². The van der Waals surface area contributed by atoms with Gasteiger partial charge in [-0.25, -0.2) is 0 Å². The smallest absolute Gasteiger partial charge is 0.122 e. The Kier molecular flexibility index (Phi) is 7.25. The summed E-state index contributed by atoms with van der Waals surface area (Å²) in [6.07, 6.45) is 3.31. The molecule has 0 aromatic heterocycles. The number of hydrogen-bond acceptors (Lipinski definition) is 2. The molecule has 0 fully saturated rings. The van der Waals surface area contributed by atoms with Crippen LogP contribution in [0.4, 0.5) is 0 Å². The molecule has 0 amide bonds. The highest BCUT2D eigenvalue weighted by Crippen LogP contribution is 2.27. The number of hydrogen-bond donors (Lipinski definition) is 1. The maximum atomic E-state index is 6.09. The van der Waals surface area contributed by atoms with Crippen molar-refractivity contribution in [1.82, 2.24) is 5.32 Å². The lowest BCUT2D eigenvalue weighted by Crippen LogP contribution is -2.34. The molecule has 0 aliphatic rings. The van der Waals surface area contributed by atoms with Crippen LogP contribution in [0.15, 0.2) is 18.2 Å². The lowest BCUT2D eigenvalue weighted by Gasteiger charge is -2.24. The van der Waals surface area contributed by atoms with E-state index in [1.165, 1.54) is 12.0 Å². The Balaban J connectivity index is 2.77. The number of methoxy groups -OCH3 is 1. The van der Waals surface area contributed by atoms with Gasteiger partial charge in [-0.3, -0.25) is 0 Å². The molecule has 0 aliphatic heterocycles. The zero-order valence-corrected chi connectivity index (χ0v) is 13.3. The Bertz CT molecular complexity index is 381. The minimum Gasteiger partial charge on any atom is -0.496 e. The molecular formula is C16H26ClNO. The third-order valence-corrected chi connectivity index (χ3v) is 3.91. The zero-order chi connectivity index (χ0) is 14.3. The standard InChI is InChI=1S/C16H26ClNO/c1-5-9-18-12(3)13(6-2)10-14-11-15(17)7-8-16(14)19-4/h7-8,11-13,18H,5-6,9-10H2,1-4H3. The highest BCUT2D eigenvalue weighted by atomic mass is 35.5. The SMILES string of the molecule is CCCNC(C)C(CC)Cc1cc(Cl)ccc1OC. The summed E-state index contributed by atoms with van der Waals surface area (Å²) < 4.78 is 5.43. The molecule has 0 saturated carbocycles. The van der Waals surface area contributed by atoms with Gasteiger partial charge < -0.3 is 10.1 Å². The van der Waals surface area contributed by atoms with Gasteiger partial charge >= 0.3 is 0 Å². The molecule has 0 saturated heterocycles. The van der Waals surface area contributed by atoms with Gasteiger partial charge in [0.2, 0.25) is 0 Å². The molecule has 1 aromatic rings. The van der Waals surface area contributed by atoms with Crippen LogP contribution in [0.3, 0.4) is 0 Å². The Morgan fingerprint density at radius 3 is 2.63 bits per heavy atom. The number of halogens is 1. The summed E-state index contributed by atoms with van der Waals surface area (Å²) in [6.45, 7) is 7.78. The summed E-state index contributed by atoms with van der Waals surface area (Å²) in [5.74, 6) is 1.53. The van der Waals surface area contributed by atoms with Crippen molar-refractivity contribution < 1.29 is 4.74 Å². The van der Waals surface area contributed by atoms with Crippen LogP contribution in [0, 0.1) is 5.92 Å². The first-order valence-corrected chi connectivity index (χ1v) is 7.55. The fraction of sp³-hybridized carbons (Fsp3) is 0.625. The van der Waals surface area contributed by atoms with Gasteiger partial charge in [0.1, 0.15) is 5.75 Å². The van der Waals surface area contributed by atoms with E-state index in [1.54, 1.807) is 7.11 Å². The van der Waals surface area contributed by atoms with Crippen molar-refractivity contribution in [3.63, 3.8) is 0 Å². The molecule has 2 atom stereocenters. The summed E-state index contributed by atoms with van der Waals surface area (Å²) in [6, 6.07) is 6.36. The molecule has 2 unspecified atom stereocenters. The highest BCUT2D eigenvalue weighted by Gasteiger charge is 2.17. The molecule has 0 aliphatic carbocycles. The average Bonchev–Trinajstić information content (AvgIpc) is 2.42. The van der Waals surface area contributed by atoms with Crippen molar-refractivity contribution >= 4 is 11.6 Å². The first kappa shape index (κ1) is 16.3. The monoisotopic (exact) mass is 283 g/mol. The molecule has 1 aromatic carbocycles. The topological polar surface area (TPSA) is 21.3 Å². The van der Waals surface area contributed by atoms with Crippen LogP contribution in [0.1, 0.15) is 39.2 Å². The summed E-state index contributed by atoms with van der Waals surface area (Å²) in [4.78, 5) is 0. The second-order valence-corrected chi connectivity index (χ2v) is 5.51. The molecule has 1 N–H and O–H groups in total. The maximum absolute atomic E-state index is 6.09. The first-order chi connectivity index (χ1) is 9.12. The number of benzene rings is 1. The minimum absolute atomic E-state index is 0.508. The lowest BCUT2D eigenvalue weighted by atomic mass is 9.90. The summed E-state index contributed by atoms with van der Waals surface area (Å²) >= 11 is 6.09. The maximum Gasteiger partial charge on any atom is 0.122 e. The minimum atomic E-state index is 0.508. The zero-order valence-electron chi connectivity index (χ0n) is 12.5. The Labute approximate surface area is 122 Å². The Morgan fingerprint density at radius 2 is 2.05 bits per heavy atom. The number of nitrogens with one attached hydrogen (secondary N) is 1. The molecule has 0 radical (unpaired) electrons. The first-order valence-electron chi connectivity index (χ1n) is 7.18. The molecule has 19 heavy (non-hydrogen) atoms. The molecule has 0 spiro atoms. The van der Waals surface area contributed by atoms with Crippen LogP contribution in [0.5, 0.6) is 5.75 Å². The molecular weight excluding hydrogens is 258 g/mol. The van der Waals surface area contributed by atoms with Crippen molar-refractivity contribution in [2.24, 2.45) is 5.92 Å². The molecule has 108 valence electrons. The van der Waals surface area contributed by atoms with E-state index in [-0.39, 0.29) is 0 Å². The second-order valence-electron chi connectivity index (χ2n) is 5.07. The predicted octanol–water partition coefficient (Wildman–Crippen LogP) is 4.31. The van der Waals surface area contributed by atoms with E-state index in [9.17, 15) is 0 Å². The van der Waals surface area contributed by atoms with Crippen molar-refractivity contribution in [1.29, 1.82) is 0 Å². The van der Waals surface area contributed by atoms with Crippen molar-refractivity contribution in [2.75, 3.05) is 13.7 Å². The van der Waals surface area contributed by atoms with Crippen LogP contribution in [-0.2, 0) is 6.42 Å². The largest absolute Gasteiger partial charge is 0.496 e. The van der Waals surface area contributed by atoms with Gasteiger partial charge in [0.05, 0.1) is 7.11 Å². The van der Waals surface area contributed by atoms with Crippen molar-refractivity contribution in [3.8, 4) is 5.75 Å². The van der Waals surface area contributed by atoms with E-state index < -0.39 is 0 Å². The van der Waals surface area contributed by atoms with E-state index in [0.29, 0.717) is 12.0 Å². The highest BCUT2D eigenvalue weighted by molar-refractivity contribution is 6.30. The molecule has 0 bridgehead atoms. The predicted molar refractivity (Wildman–Crippen MR) is 83.2 cm³/mol. The fourth-order valence-electron chi connectivity index (χ4n) is 2.40. The van der Waals surface area contributed by atoms with E-state index >= 15 is 0 Å². The van der Waals surface area contributed by atoms with E-state index in [0.717, 1.165) is 30.2 Å². The van der Waals surface area contributed by atoms with Gasteiger partial charge in [0.15, 0.2) is 0 Å². The van der Waals surface area contributed by atoms with Crippen LogP contribution < -0.4 is 10.1 Å².